The molecular weight excluding hydrogens is 306 g/mol. The van der Waals surface area contributed by atoms with Gasteiger partial charge in [-0.25, -0.2) is 0 Å². The molecule has 4 rings (SSSR count). The summed E-state index contributed by atoms with van der Waals surface area (Å²) in [4.78, 5) is 13.2. The maximum absolute atomic E-state index is 13.2. The zero-order valence-electron chi connectivity index (χ0n) is 15.3. The van der Waals surface area contributed by atoms with Gasteiger partial charge in [-0.1, -0.05) is 51.1 Å². The van der Waals surface area contributed by atoms with Crippen molar-refractivity contribution in [1.29, 1.82) is 0 Å². The lowest BCUT2D eigenvalue weighted by Gasteiger charge is -2.14. The van der Waals surface area contributed by atoms with Crippen molar-refractivity contribution in [2.45, 2.75) is 46.6 Å². The molecule has 2 aromatic carbocycles. The van der Waals surface area contributed by atoms with Gasteiger partial charge in [0.1, 0.15) is 0 Å². The Balaban J connectivity index is 1.77. The van der Waals surface area contributed by atoms with Crippen LogP contribution in [0.3, 0.4) is 0 Å². The van der Waals surface area contributed by atoms with Crippen molar-refractivity contribution in [3.63, 3.8) is 0 Å². The van der Waals surface area contributed by atoms with Crippen LogP contribution < -0.4 is 0 Å². The number of benzene rings is 2. The van der Waals surface area contributed by atoms with Crippen LogP contribution >= 0.6 is 0 Å². The summed E-state index contributed by atoms with van der Waals surface area (Å²) in [6, 6.07) is 14.5. The Morgan fingerprint density at radius 2 is 1.84 bits per heavy atom. The van der Waals surface area contributed by atoms with Gasteiger partial charge in [-0.15, -0.1) is 0 Å². The number of ketones is 1. The van der Waals surface area contributed by atoms with Crippen LogP contribution in [0.5, 0.6) is 0 Å². The van der Waals surface area contributed by atoms with Crippen LogP contribution in [0.1, 0.15) is 54.2 Å². The Kier molecular flexibility index (Phi) is 3.79. The molecule has 0 aliphatic heterocycles. The zero-order chi connectivity index (χ0) is 17.6. The first-order valence-corrected chi connectivity index (χ1v) is 9.23. The Bertz CT molecular complexity index is 961. The number of aryl methyl sites for hydroxylation is 1. The van der Waals surface area contributed by atoms with Crippen molar-refractivity contribution < 1.29 is 4.79 Å². The summed E-state index contributed by atoms with van der Waals surface area (Å²) in [5.74, 6) is 0.138. The maximum Gasteiger partial charge on any atom is 0.195 e. The van der Waals surface area contributed by atoms with Gasteiger partial charge in [-0.05, 0) is 47.9 Å². The molecule has 2 nitrogen and oxygen atoms in total. The SMILES string of the molecule is CCCn1cc(C(=O)c2ccc3c(c2)CC(C)(C)C3)c2ccccc21. The van der Waals surface area contributed by atoms with Crippen molar-refractivity contribution in [1.82, 2.24) is 4.57 Å². The zero-order valence-corrected chi connectivity index (χ0v) is 15.3. The van der Waals surface area contributed by atoms with E-state index in [-0.39, 0.29) is 5.78 Å². The summed E-state index contributed by atoms with van der Waals surface area (Å²) in [6.45, 7) is 7.70. The highest BCUT2D eigenvalue weighted by Crippen LogP contribution is 2.37. The average molecular weight is 331 g/mol. The average Bonchev–Trinajstić information content (AvgIpc) is 3.10. The van der Waals surface area contributed by atoms with Crippen LogP contribution in [-0.4, -0.2) is 10.4 Å². The quantitative estimate of drug-likeness (QED) is 0.586. The number of carbonyl (C=O) groups is 1. The Labute approximate surface area is 149 Å². The molecule has 0 radical (unpaired) electrons. The lowest BCUT2D eigenvalue weighted by atomic mass is 9.90. The molecular formula is C23H25NO. The molecule has 0 saturated heterocycles. The fourth-order valence-electron chi connectivity index (χ4n) is 4.21. The normalized spacial score (nSPS) is 15.5. The van der Waals surface area contributed by atoms with Gasteiger partial charge in [-0.3, -0.25) is 4.79 Å². The molecule has 128 valence electrons. The molecule has 0 fully saturated rings. The van der Waals surface area contributed by atoms with Gasteiger partial charge < -0.3 is 4.57 Å². The van der Waals surface area contributed by atoms with E-state index in [1.807, 2.05) is 24.4 Å². The van der Waals surface area contributed by atoms with E-state index < -0.39 is 0 Å². The third-order valence-corrected chi connectivity index (χ3v) is 5.30. The number of hydrogen-bond acceptors (Lipinski definition) is 1. The first kappa shape index (κ1) is 16.1. The monoisotopic (exact) mass is 331 g/mol. The highest BCUT2D eigenvalue weighted by molar-refractivity contribution is 6.16. The number of carbonyl (C=O) groups excluding carboxylic acids is 1. The third kappa shape index (κ3) is 2.80. The standard InChI is InChI=1S/C23H25NO/c1-4-11-24-15-20(19-7-5-6-8-21(19)24)22(25)16-9-10-17-13-23(2,3)14-18(17)12-16/h5-10,12,15H,4,11,13-14H2,1-3H3. The number of hydrogen-bond donors (Lipinski definition) is 0. The maximum atomic E-state index is 13.2. The first-order chi connectivity index (χ1) is 12.0. The van der Waals surface area contributed by atoms with E-state index in [0.717, 1.165) is 47.8 Å². The highest BCUT2D eigenvalue weighted by atomic mass is 16.1. The molecule has 0 saturated carbocycles. The summed E-state index contributed by atoms with van der Waals surface area (Å²) in [5.41, 5.74) is 5.83. The van der Waals surface area contributed by atoms with Crippen LogP contribution in [0, 0.1) is 5.41 Å². The van der Waals surface area contributed by atoms with E-state index in [2.05, 4.69) is 49.6 Å². The second-order valence-corrected chi connectivity index (χ2v) is 8.08. The predicted octanol–water partition coefficient (Wildman–Crippen LogP) is 5.41. The number of para-hydroxylation sites is 1. The van der Waals surface area contributed by atoms with Crippen LogP contribution in [-0.2, 0) is 19.4 Å². The van der Waals surface area contributed by atoms with Gasteiger partial charge in [0, 0.05) is 34.8 Å². The summed E-state index contributed by atoms with van der Waals surface area (Å²) in [5, 5.41) is 1.06. The van der Waals surface area contributed by atoms with Crippen molar-refractivity contribution in [3.8, 4) is 0 Å². The van der Waals surface area contributed by atoms with E-state index >= 15 is 0 Å². The minimum atomic E-state index is 0.138. The second kappa shape index (κ2) is 5.87. The number of aromatic nitrogens is 1. The van der Waals surface area contributed by atoms with Gasteiger partial charge in [0.05, 0.1) is 0 Å². The van der Waals surface area contributed by atoms with E-state index in [0.29, 0.717) is 5.41 Å². The second-order valence-electron chi connectivity index (χ2n) is 8.08. The summed E-state index contributed by atoms with van der Waals surface area (Å²) in [6.07, 6.45) is 5.25. The fraction of sp³-hybridized carbons (Fsp3) is 0.348. The molecule has 0 bridgehead atoms. The Hall–Kier alpha value is -2.35. The van der Waals surface area contributed by atoms with Crippen LogP contribution in [0.4, 0.5) is 0 Å². The molecule has 0 amide bonds. The third-order valence-electron chi connectivity index (χ3n) is 5.30. The van der Waals surface area contributed by atoms with Gasteiger partial charge in [0.25, 0.3) is 0 Å². The van der Waals surface area contributed by atoms with Crippen LogP contribution in [0.15, 0.2) is 48.7 Å². The molecule has 25 heavy (non-hydrogen) atoms. The molecule has 1 aliphatic carbocycles. The van der Waals surface area contributed by atoms with Crippen molar-refractivity contribution in [2.75, 3.05) is 0 Å². The predicted molar refractivity (Wildman–Crippen MR) is 103 cm³/mol. The van der Waals surface area contributed by atoms with E-state index in [9.17, 15) is 4.79 Å². The van der Waals surface area contributed by atoms with Crippen LogP contribution in [0.2, 0.25) is 0 Å². The number of rotatable bonds is 4. The molecule has 0 spiro atoms. The molecule has 3 aromatic rings. The molecule has 1 aromatic heterocycles. The van der Waals surface area contributed by atoms with Crippen LogP contribution in [0.25, 0.3) is 10.9 Å². The summed E-state index contributed by atoms with van der Waals surface area (Å²) in [7, 11) is 0. The van der Waals surface area contributed by atoms with E-state index in [1.54, 1.807) is 0 Å². The fourth-order valence-corrected chi connectivity index (χ4v) is 4.21. The van der Waals surface area contributed by atoms with Crippen molar-refractivity contribution in [3.05, 3.63) is 70.9 Å². The largest absolute Gasteiger partial charge is 0.347 e. The van der Waals surface area contributed by atoms with Crippen molar-refractivity contribution >= 4 is 16.7 Å². The van der Waals surface area contributed by atoms with Gasteiger partial charge in [0.15, 0.2) is 5.78 Å². The van der Waals surface area contributed by atoms with Gasteiger partial charge >= 0.3 is 0 Å². The first-order valence-electron chi connectivity index (χ1n) is 9.23. The minimum absolute atomic E-state index is 0.138. The highest BCUT2D eigenvalue weighted by Gasteiger charge is 2.29. The molecule has 0 atom stereocenters. The Morgan fingerprint density at radius 1 is 1.08 bits per heavy atom. The molecule has 0 unspecified atom stereocenters. The van der Waals surface area contributed by atoms with Gasteiger partial charge in [-0.2, -0.15) is 0 Å². The summed E-state index contributed by atoms with van der Waals surface area (Å²) < 4.78 is 2.21. The molecule has 1 aliphatic rings. The molecule has 0 N–H and O–H groups in total. The number of nitrogens with zero attached hydrogens (tertiary/aromatic N) is 1. The lowest BCUT2D eigenvalue weighted by Crippen LogP contribution is -2.09. The number of fused-ring (bicyclic) bond motifs is 2. The van der Waals surface area contributed by atoms with E-state index in [1.165, 1.54) is 11.1 Å². The molecule has 1 heterocycles. The lowest BCUT2D eigenvalue weighted by molar-refractivity contribution is 0.104. The topological polar surface area (TPSA) is 22.0 Å². The molecule has 2 heteroatoms. The van der Waals surface area contributed by atoms with Crippen molar-refractivity contribution in [2.24, 2.45) is 5.41 Å². The minimum Gasteiger partial charge on any atom is -0.347 e. The summed E-state index contributed by atoms with van der Waals surface area (Å²) >= 11 is 0. The smallest absolute Gasteiger partial charge is 0.195 e. The van der Waals surface area contributed by atoms with Gasteiger partial charge in [0.2, 0.25) is 0 Å². The van der Waals surface area contributed by atoms with E-state index in [4.69, 9.17) is 0 Å². The Morgan fingerprint density at radius 3 is 2.64 bits per heavy atom.